The average Bonchev–Trinajstić information content (AvgIpc) is 2.90. The van der Waals surface area contributed by atoms with E-state index in [9.17, 15) is 4.79 Å². The molecule has 0 aliphatic carbocycles. The minimum Gasteiger partial charge on any atom is -0.369 e. The van der Waals surface area contributed by atoms with Crippen LogP contribution < -0.4 is 5.32 Å². The van der Waals surface area contributed by atoms with Crippen molar-refractivity contribution in [3.8, 4) is 0 Å². The van der Waals surface area contributed by atoms with Gasteiger partial charge in [0.05, 0.1) is 35.2 Å². The number of halogens is 1. The van der Waals surface area contributed by atoms with Gasteiger partial charge in [-0.2, -0.15) is 5.10 Å². The van der Waals surface area contributed by atoms with Gasteiger partial charge in [0.25, 0.3) is 5.91 Å². The van der Waals surface area contributed by atoms with Crippen LogP contribution in [0.3, 0.4) is 0 Å². The van der Waals surface area contributed by atoms with Crippen molar-refractivity contribution in [2.75, 3.05) is 0 Å². The molecule has 0 fully saturated rings. The van der Waals surface area contributed by atoms with E-state index in [-0.39, 0.29) is 24.7 Å². The zero-order chi connectivity index (χ0) is 15.7. The molecule has 6 nitrogen and oxygen atoms in total. The lowest BCUT2D eigenvalue weighted by atomic mass is 9.99. The van der Waals surface area contributed by atoms with Crippen LogP contribution in [0, 0.1) is 0 Å². The predicted molar refractivity (Wildman–Crippen MR) is 81.7 cm³/mol. The number of nitrogens with zero attached hydrogens (tertiary/aromatic N) is 2. The molecular weight excluding hydrogens is 304 g/mol. The fraction of sp³-hybridized carbons (Fsp3) is 0.400. The number of carbonyl (C=O) groups excluding carboxylic acids is 1. The molecule has 1 aliphatic heterocycles. The lowest BCUT2D eigenvalue weighted by Gasteiger charge is -2.25. The number of carbonyl (C=O) groups is 1. The van der Waals surface area contributed by atoms with E-state index in [4.69, 9.17) is 16.3 Å². The van der Waals surface area contributed by atoms with Crippen LogP contribution >= 0.6 is 11.6 Å². The topological polar surface area (TPSA) is 79.9 Å². The second kappa shape index (κ2) is 6.06. The third kappa shape index (κ3) is 2.84. The zero-order valence-corrected chi connectivity index (χ0v) is 13.1. The summed E-state index contributed by atoms with van der Waals surface area (Å²) in [5.41, 5.74) is 2.85. The summed E-state index contributed by atoms with van der Waals surface area (Å²) in [6, 6.07) is 3.49. The van der Waals surface area contributed by atoms with Gasteiger partial charge in [-0.05, 0) is 26.0 Å². The second-order valence-electron chi connectivity index (χ2n) is 5.37. The monoisotopic (exact) mass is 320 g/mol. The van der Waals surface area contributed by atoms with E-state index < -0.39 is 0 Å². The Hall–Kier alpha value is -1.92. The maximum Gasteiger partial charge on any atom is 0.272 e. The van der Waals surface area contributed by atoms with E-state index >= 15 is 0 Å². The van der Waals surface area contributed by atoms with Gasteiger partial charge < -0.3 is 10.1 Å². The predicted octanol–water partition coefficient (Wildman–Crippen LogP) is 2.41. The van der Waals surface area contributed by atoms with Gasteiger partial charge in [-0.3, -0.25) is 14.9 Å². The maximum atomic E-state index is 12.4. The van der Waals surface area contributed by atoms with E-state index in [1.165, 1.54) is 0 Å². The Morgan fingerprint density at radius 2 is 2.36 bits per heavy atom. The summed E-state index contributed by atoms with van der Waals surface area (Å²) in [4.78, 5) is 16.5. The van der Waals surface area contributed by atoms with Crippen LogP contribution in [0.15, 0.2) is 18.3 Å². The summed E-state index contributed by atoms with van der Waals surface area (Å²) in [7, 11) is 0. The third-order valence-electron chi connectivity index (χ3n) is 3.70. The quantitative estimate of drug-likeness (QED) is 0.910. The van der Waals surface area contributed by atoms with Gasteiger partial charge >= 0.3 is 0 Å². The largest absolute Gasteiger partial charge is 0.369 e. The van der Waals surface area contributed by atoms with Gasteiger partial charge in [0, 0.05) is 18.2 Å². The molecule has 0 radical (unpaired) electrons. The molecule has 3 rings (SSSR count). The van der Waals surface area contributed by atoms with Gasteiger partial charge in [-0.15, -0.1) is 0 Å². The summed E-state index contributed by atoms with van der Waals surface area (Å²) in [6.07, 6.45) is 2.29. The van der Waals surface area contributed by atoms with Crippen LogP contribution in [0.4, 0.5) is 0 Å². The second-order valence-corrected chi connectivity index (χ2v) is 5.78. The summed E-state index contributed by atoms with van der Waals surface area (Å²) < 4.78 is 5.72. The number of amides is 1. The van der Waals surface area contributed by atoms with Crippen molar-refractivity contribution in [2.24, 2.45) is 0 Å². The van der Waals surface area contributed by atoms with E-state index in [0.717, 1.165) is 11.3 Å². The lowest BCUT2D eigenvalue weighted by molar-refractivity contribution is -0.00697. The number of aromatic amines is 1. The standard InChI is InChI=1S/C15H17ClN4O2/c1-8-6-10-13(9(2)22-8)19-20-14(10)15(21)18-7-12-11(16)4-3-5-17-12/h3-5,8-9H,6-7H2,1-2H3,(H,18,21)(H,19,20)/t8-,9+/m1/s1. The molecule has 0 spiro atoms. The van der Waals surface area contributed by atoms with Crippen molar-refractivity contribution in [3.63, 3.8) is 0 Å². The van der Waals surface area contributed by atoms with Crippen LogP contribution in [-0.4, -0.2) is 27.2 Å². The highest BCUT2D eigenvalue weighted by Crippen LogP contribution is 2.30. The van der Waals surface area contributed by atoms with Gasteiger partial charge in [0.15, 0.2) is 5.69 Å². The molecule has 7 heteroatoms. The molecule has 22 heavy (non-hydrogen) atoms. The Bertz CT molecular complexity index is 701. The van der Waals surface area contributed by atoms with Crippen molar-refractivity contribution in [1.29, 1.82) is 0 Å². The third-order valence-corrected chi connectivity index (χ3v) is 4.04. The Balaban J connectivity index is 1.75. The van der Waals surface area contributed by atoms with Crippen molar-refractivity contribution >= 4 is 17.5 Å². The van der Waals surface area contributed by atoms with E-state index in [0.29, 0.717) is 22.8 Å². The first kappa shape index (κ1) is 15.0. The molecule has 0 unspecified atom stereocenters. The number of hydrogen-bond donors (Lipinski definition) is 2. The number of hydrogen-bond acceptors (Lipinski definition) is 4. The highest BCUT2D eigenvalue weighted by atomic mass is 35.5. The molecule has 2 aromatic heterocycles. The number of nitrogens with one attached hydrogen (secondary N) is 2. The van der Waals surface area contributed by atoms with Crippen molar-refractivity contribution < 1.29 is 9.53 Å². The number of H-pyrrole nitrogens is 1. The van der Waals surface area contributed by atoms with Crippen LogP contribution in [0.25, 0.3) is 0 Å². The molecule has 0 bridgehead atoms. The highest BCUT2D eigenvalue weighted by molar-refractivity contribution is 6.31. The van der Waals surface area contributed by atoms with E-state index in [2.05, 4.69) is 20.5 Å². The molecule has 2 N–H and O–H groups in total. The van der Waals surface area contributed by atoms with Gasteiger partial charge in [-0.1, -0.05) is 11.6 Å². The summed E-state index contributed by atoms with van der Waals surface area (Å²) in [5.74, 6) is -0.236. The Labute approximate surface area is 133 Å². The van der Waals surface area contributed by atoms with Crippen LogP contribution in [0.2, 0.25) is 5.02 Å². The molecule has 1 aliphatic rings. The minimum absolute atomic E-state index is 0.0666. The van der Waals surface area contributed by atoms with Gasteiger partial charge in [0.2, 0.25) is 0 Å². The van der Waals surface area contributed by atoms with Crippen LogP contribution in [0.5, 0.6) is 0 Å². The maximum absolute atomic E-state index is 12.4. The molecule has 0 saturated heterocycles. The zero-order valence-electron chi connectivity index (χ0n) is 12.4. The fourth-order valence-corrected chi connectivity index (χ4v) is 2.85. The minimum atomic E-state index is -0.236. The summed E-state index contributed by atoms with van der Waals surface area (Å²) in [5, 5.41) is 10.4. The first-order chi connectivity index (χ1) is 10.6. The SMILES string of the molecule is C[C@@H]1Cc2c(C(=O)NCc3ncccc3Cl)n[nH]c2[C@H](C)O1. The number of rotatable bonds is 3. The van der Waals surface area contributed by atoms with E-state index in [1.807, 2.05) is 13.8 Å². The van der Waals surface area contributed by atoms with Crippen molar-refractivity contribution in [2.45, 2.75) is 39.0 Å². The Morgan fingerprint density at radius 3 is 3.14 bits per heavy atom. The molecule has 3 heterocycles. The normalized spacial score (nSPS) is 20.5. The van der Waals surface area contributed by atoms with Gasteiger partial charge in [-0.25, -0.2) is 0 Å². The van der Waals surface area contributed by atoms with Crippen LogP contribution in [-0.2, 0) is 17.7 Å². The van der Waals surface area contributed by atoms with Crippen molar-refractivity contribution in [1.82, 2.24) is 20.5 Å². The molecule has 2 aromatic rings. The fourth-order valence-electron chi connectivity index (χ4n) is 2.66. The van der Waals surface area contributed by atoms with E-state index in [1.54, 1.807) is 18.3 Å². The summed E-state index contributed by atoms with van der Waals surface area (Å²) in [6.45, 7) is 4.20. The number of ether oxygens (including phenoxy) is 1. The number of aromatic nitrogens is 3. The average molecular weight is 321 g/mol. The molecule has 2 atom stereocenters. The molecule has 116 valence electrons. The summed E-state index contributed by atoms with van der Waals surface area (Å²) >= 11 is 6.03. The molecule has 1 amide bonds. The van der Waals surface area contributed by atoms with Crippen molar-refractivity contribution in [3.05, 3.63) is 46.0 Å². The number of pyridine rings is 1. The lowest BCUT2D eigenvalue weighted by Crippen LogP contribution is -2.27. The Morgan fingerprint density at radius 1 is 1.55 bits per heavy atom. The van der Waals surface area contributed by atoms with Gasteiger partial charge in [0.1, 0.15) is 0 Å². The number of fused-ring (bicyclic) bond motifs is 1. The molecule has 0 aromatic carbocycles. The molecular formula is C15H17ClN4O2. The first-order valence-electron chi connectivity index (χ1n) is 7.16. The first-order valence-corrected chi connectivity index (χ1v) is 7.54. The van der Waals surface area contributed by atoms with Crippen LogP contribution in [0.1, 0.15) is 47.4 Å². The highest BCUT2D eigenvalue weighted by Gasteiger charge is 2.29. The smallest absolute Gasteiger partial charge is 0.272 e. The Kier molecular flexibility index (Phi) is 4.13. The molecule has 0 saturated carbocycles.